The van der Waals surface area contributed by atoms with Gasteiger partial charge >= 0.3 is 0 Å². The normalized spacial score (nSPS) is 10.8. The van der Waals surface area contributed by atoms with Crippen LogP contribution in [-0.2, 0) is 0 Å². The maximum atomic E-state index is 12.5. The van der Waals surface area contributed by atoms with Crippen molar-refractivity contribution in [3.63, 3.8) is 0 Å². The lowest BCUT2D eigenvalue weighted by atomic mass is 10.1. The summed E-state index contributed by atoms with van der Waals surface area (Å²) in [5.74, 6) is 1.09. The van der Waals surface area contributed by atoms with Gasteiger partial charge in [-0.05, 0) is 65.9 Å². The highest BCUT2D eigenvalue weighted by Crippen LogP contribution is 2.39. The Labute approximate surface area is 155 Å². The van der Waals surface area contributed by atoms with Crippen LogP contribution in [0.2, 0.25) is 0 Å². The molecule has 0 aliphatic rings. The highest BCUT2D eigenvalue weighted by molar-refractivity contribution is 7.80. The Balaban J connectivity index is 3.13. The highest BCUT2D eigenvalue weighted by atomic mass is 32.1. The van der Waals surface area contributed by atoms with Crippen LogP contribution in [0.15, 0.2) is 12.1 Å². The Morgan fingerprint density at radius 1 is 1.00 bits per heavy atom. The maximum absolute atomic E-state index is 12.5. The number of hydrogen-bond acceptors (Lipinski definition) is 5. The molecule has 0 bridgehead atoms. The zero-order valence-corrected chi connectivity index (χ0v) is 16.6. The van der Waals surface area contributed by atoms with Gasteiger partial charge in [-0.2, -0.15) is 0 Å². The largest absolute Gasteiger partial charge is 0.490 e. The molecule has 0 saturated heterocycles. The minimum atomic E-state index is -0.341. The molecule has 0 fully saturated rings. The van der Waals surface area contributed by atoms with Gasteiger partial charge in [0.15, 0.2) is 16.6 Å². The van der Waals surface area contributed by atoms with E-state index in [4.69, 9.17) is 26.4 Å². The van der Waals surface area contributed by atoms with Crippen molar-refractivity contribution in [1.29, 1.82) is 0 Å². The molecule has 1 amide bonds. The summed E-state index contributed by atoms with van der Waals surface area (Å²) in [5.41, 5.74) is 0.143. The van der Waals surface area contributed by atoms with E-state index in [1.807, 2.05) is 41.5 Å². The standard InChI is InChI=1S/C18H28N2O4S/c1-7-22-13-10-12(11-14(23-8-2)15(13)24-9-3)16(21)19-17(25)20-18(4,5)6/h10-11H,7-9H2,1-6H3,(H2,19,20,21,25). The lowest BCUT2D eigenvalue weighted by Gasteiger charge is -2.22. The van der Waals surface area contributed by atoms with Gasteiger partial charge in [-0.3, -0.25) is 10.1 Å². The number of carbonyl (C=O) groups excluding carboxylic acids is 1. The lowest BCUT2D eigenvalue weighted by Crippen LogP contribution is -2.48. The number of rotatable bonds is 7. The van der Waals surface area contributed by atoms with Crippen molar-refractivity contribution < 1.29 is 19.0 Å². The first-order chi connectivity index (χ1) is 11.7. The summed E-state index contributed by atoms with van der Waals surface area (Å²) in [6.07, 6.45) is 0. The summed E-state index contributed by atoms with van der Waals surface area (Å²) in [6.45, 7) is 12.8. The first-order valence-corrected chi connectivity index (χ1v) is 8.82. The average Bonchev–Trinajstić information content (AvgIpc) is 2.48. The number of hydrogen-bond donors (Lipinski definition) is 2. The van der Waals surface area contributed by atoms with E-state index in [1.165, 1.54) is 0 Å². The monoisotopic (exact) mass is 368 g/mol. The number of amides is 1. The molecular weight excluding hydrogens is 340 g/mol. The fraction of sp³-hybridized carbons (Fsp3) is 0.556. The van der Waals surface area contributed by atoms with E-state index in [-0.39, 0.29) is 16.6 Å². The predicted molar refractivity (Wildman–Crippen MR) is 103 cm³/mol. The Morgan fingerprint density at radius 2 is 1.48 bits per heavy atom. The summed E-state index contributed by atoms with van der Waals surface area (Å²) in [5, 5.41) is 5.98. The molecule has 25 heavy (non-hydrogen) atoms. The van der Waals surface area contributed by atoms with Crippen LogP contribution in [0.5, 0.6) is 17.2 Å². The van der Waals surface area contributed by atoms with E-state index in [2.05, 4.69) is 10.6 Å². The second kappa shape index (κ2) is 9.46. The lowest BCUT2D eigenvalue weighted by molar-refractivity contribution is 0.0975. The number of benzene rings is 1. The first kappa shape index (κ1) is 21.0. The molecule has 1 rings (SSSR count). The third-order valence-corrected chi connectivity index (χ3v) is 3.09. The Morgan fingerprint density at radius 3 is 1.88 bits per heavy atom. The summed E-state index contributed by atoms with van der Waals surface area (Å²) in [4.78, 5) is 12.5. The second-order valence-corrected chi connectivity index (χ2v) is 6.67. The fourth-order valence-corrected chi connectivity index (χ4v) is 2.47. The van der Waals surface area contributed by atoms with Gasteiger partial charge < -0.3 is 19.5 Å². The molecule has 6 nitrogen and oxygen atoms in total. The van der Waals surface area contributed by atoms with Crippen molar-refractivity contribution in [2.45, 2.75) is 47.1 Å². The van der Waals surface area contributed by atoms with Gasteiger partial charge in [0.2, 0.25) is 5.75 Å². The average molecular weight is 368 g/mol. The third-order valence-electron chi connectivity index (χ3n) is 2.89. The zero-order chi connectivity index (χ0) is 19.0. The van der Waals surface area contributed by atoms with Gasteiger partial charge in [-0.1, -0.05) is 0 Å². The summed E-state index contributed by atoms with van der Waals surface area (Å²) < 4.78 is 16.9. The smallest absolute Gasteiger partial charge is 0.257 e. The Kier molecular flexibility index (Phi) is 7.96. The number of nitrogens with one attached hydrogen (secondary N) is 2. The van der Waals surface area contributed by atoms with Crippen molar-refractivity contribution in [2.75, 3.05) is 19.8 Å². The molecule has 7 heteroatoms. The van der Waals surface area contributed by atoms with Gasteiger partial charge in [-0.25, -0.2) is 0 Å². The van der Waals surface area contributed by atoms with Crippen molar-refractivity contribution >= 4 is 23.2 Å². The quantitative estimate of drug-likeness (QED) is 0.720. The van der Waals surface area contributed by atoms with Gasteiger partial charge in [-0.15, -0.1) is 0 Å². The molecule has 0 aromatic heterocycles. The summed E-state index contributed by atoms with van der Waals surface area (Å²) >= 11 is 5.18. The van der Waals surface area contributed by atoms with E-state index >= 15 is 0 Å². The Bertz CT molecular complexity index is 585. The first-order valence-electron chi connectivity index (χ1n) is 8.41. The number of thiocarbonyl (C=S) groups is 1. The van der Waals surface area contributed by atoms with Crippen LogP contribution in [0.25, 0.3) is 0 Å². The van der Waals surface area contributed by atoms with Crippen LogP contribution in [0.3, 0.4) is 0 Å². The van der Waals surface area contributed by atoms with Crippen LogP contribution >= 0.6 is 12.2 Å². The number of ether oxygens (including phenoxy) is 3. The molecular formula is C18H28N2O4S. The molecule has 140 valence electrons. The number of carbonyl (C=O) groups is 1. The van der Waals surface area contributed by atoms with E-state index in [1.54, 1.807) is 12.1 Å². The summed E-state index contributed by atoms with van der Waals surface area (Å²) in [7, 11) is 0. The van der Waals surface area contributed by atoms with Crippen molar-refractivity contribution in [1.82, 2.24) is 10.6 Å². The Hall–Kier alpha value is -2.02. The highest BCUT2D eigenvalue weighted by Gasteiger charge is 2.20. The van der Waals surface area contributed by atoms with E-state index < -0.39 is 0 Å². The second-order valence-electron chi connectivity index (χ2n) is 6.26. The van der Waals surface area contributed by atoms with Gasteiger partial charge in [0.1, 0.15) is 0 Å². The van der Waals surface area contributed by atoms with Crippen LogP contribution in [0, 0.1) is 0 Å². The minimum Gasteiger partial charge on any atom is -0.490 e. The van der Waals surface area contributed by atoms with Crippen molar-refractivity contribution in [3.8, 4) is 17.2 Å². The molecule has 0 aliphatic carbocycles. The molecule has 0 saturated carbocycles. The third kappa shape index (κ3) is 6.78. The molecule has 0 aliphatic heterocycles. The fourth-order valence-electron chi connectivity index (χ4n) is 2.07. The molecule has 0 heterocycles. The minimum absolute atomic E-state index is 0.240. The summed E-state index contributed by atoms with van der Waals surface area (Å²) in [6, 6.07) is 3.26. The van der Waals surface area contributed by atoms with Crippen molar-refractivity contribution in [3.05, 3.63) is 17.7 Å². The van der Waals surface area contributed by atoms with E-state index in [9.17, 15) is 4.79 Å². The van der Waals surface area contributed by atoms with E-state index in [0.717, 1.165) is 0 Å². The van der Waals surface area contributed by atoms with Crippen LogP contribution < -0.4 is 24.8 Å². The van der Waals surface area contributed by atoms with Gasteiger partial charge in [0, 0.05) is 11.1 Å². The molecule has 1 aromatic carbocycles. The topological polar surface area (TPSA) is 68.8 Å². The molecule has 0 unspecified atom stereocenters. The molecule has 0 atom stereocenters. The maximum Gasteiger partial charge on any atom is 0.257 e. The zero-order valence-electron chi connectivity index (χ0n) is 15.8. The van der Waals surface area contributed by atoms with E-state index in [0.29, 0.717) is 42.6 Å². The molecule has 2 N–H and O–H groups in total. The SMILES string of the molecule is CCOc1cc(C(=O)NC(=S)NC(C)(C)C)cc(OCC)c1OCC. The van der Waals surface area contributed by atoms with Gasteiger partial charge in [0.25, 0.3) is 5.91 Å². The predicted octanol–water partition coefficient (Wildman–Crippen LogP) is 3.29. The van der Waals surface area contributed by atoms with Crippen molar-refractivity contribution in [2.24, 2.45) is 0 Å². The van der Waals surface area contributed by atoms with Gasteiger partial charge in [0.05, 0.1) is 19.8 Å². The molecule has 1 aromatic rings. The van der Waals surface area contributed by atoms with Crippen LogP contribution in [0.1, 0.15) is 51.9 Å². The van der Waals surface area contributed by atoms with Crippen LogP contribution in [0.4, 0.5) is 0 Å². The van der Waals surface area contributed by atoms with Crippen LogP contribution in [-0.4, -0.2) is 36.4 Å². The molecule has 0 radical (unpaired) electrons. The molecule has 0 spiro atoms.